The van der Waals surface area contributed by atoms with Crippen LogP contribution in [-0.2, 0) is 0 Å². The third kappa shape index (κ3) is 13.2. The van der Waals surface area contributed by atoms with E-state index in [9.17, 15) is 0 Å². The molecule has 0 aliphatic heterocycles. The fraction of sp³-hybridized carbons (Fsp3) is 0.104. The predicted octanol–water partition coefficient (Wildman–Crippen LogP) is 38.3. The van der Waals surface area contributed by atoms with Crippen molar-refractivity contribution in [3.8, 4) is 89.0 Å². The molecule has 0 bridgehead atoms. The Morgan fingerprint density at radius 3 is 0.918 bits per heavy atom. The molecule has 0 nitrogen and oxygen atoms in total. The van der Waals surface area contributed by atoms with E-state index in [4.69, 9.17) is 0 Å². The molecule has 0 aromatic heterocycles. The number of aryl methyl sites for hydroxylation is 12. The molecular weight excluding hydrogens is 1610 g/mol. The van der Waals surface area contributed by atoms with Crippen molar-refractivity contribution in [1.29, 1.82) is 0 Å². The van der Waals surface area contributed by atoms with Crippen molar-refractivity contribution >= 4 is 151 Å². The van der Waals surface area contributed by atoms with Gasteiger partial charge in [0.05, 0.1) is 0 Å². The minimum Gasteiger partial charge on any atom is -0.0616 e. The molecule has 0 unspecified atom stereocenters. The highest BCUT2D eigenvalue weighted by atomic mass is 14.3. The van der Waals surface area contributed by atoms with E-state index in [1.807, 2.05) is 0 Å². The number of hydrogen-bond donors (Lipinski definition) is 0. The van der Waals surface area contributed by atoms with Gasteiger partial charge in [-0.25, -0.2) is 0 Å². The number of fused-ring (bicyclic) bond motifs is 26. The zero-order valence-electron chi connectivity index (χ0n) is 78.8. The molecule has 0 spiro atoms. The topological polar surface area (TPSA) is 0 Å². The summed E-state index contributed by atoms with van der Waals surface area (Å²) < 4.78 is 0. The highest BCUT2D eigenvalue weighted by Crippen LogP contribution is 2.54. The van der Waals surface area contributed by atoms with Crippen molar-refractivity contribution in [2.45, 2.75) is 96.9 Å². The monoisotopic (exact) mass is 1710 g/mol. The van der Waals surface area contributed by atoms with Gasteiger partial charge < -0.3 is 0 Å². The van der Waals surface area contributed by atoms with E-state index < -0.39 is 0 Å². The highest BCUT2D eigenvalue weighted by molar-refractivity contribution is 6.34. The molecule has 0 saturated carbocycles. The highest BCUT2D eigenvalue weighted by Gasteiger charge is 2.28. The predicted molar refractivity (Wildman–Crippen MR) is 585 cm³/mol. The first-order valence-corrected chi connectivity index (χ1v) is 47.5. The molecule has 0 atom stereocenters. The van der Waals surface area contributed by atoms with Crippen molar-refractivity contribution in [2.24, 2.45) is 0 Å². The molecule has 0 saturated heterocycles. The van der Waals surface area contributed by atoms with Crippen molar-refractivity contribution in [3.63, 3.8) is 0 Å². The summed E-state index contributed by atoms with van der Waals surface area (Å²) in [6.45, 7) is 30.9. The molecule has 0 amide bonds. The van der Waals surface area contributed by atoms with Gasteiger partial charge in [0, 0.05) is 0 Å². The molecular formula is C134H104. The second-order valence-electron chi connectivity index (χ2n) is 38.0. The molecule has 25 aromatic rings. The second kappa shape index (κ2) is 32.7. The average molecular weight is 1710 g/mol. The second-order valence-corrected chi connectivity index (χ2v) is 38.0. The lowest BCUT2D eigenvalue weighted by Gasteiger charge is -2.16. The smallest absolute Gasteiger partial charge is 0.00210 e. The molecule has 0 heteroatoms. The van der Waals surface area contributed by atoms with E-state index in [0.29, 0.717) is 0 Å². The van der Waals surface area contributed by atoms with Crippen LogP contribution < -0.4 is 0 Å². The Balaban J connectivity index is 0.0000000884. The van der Waals surface area contributed by atoms with E-state index in [1.54, 1.807) is 0 Å². The maximum absolute atomic E-state index is 2.34. The Hall–Kier alpha value is -15.6. The standard InChI is InChI=1S/C22H16.2C20H16.4C18H14/c1-13-9-11-18-16-7-3-5-15-6-4-8-17(21(15)16)19-12-10-14(2)20(13)22(18)19;1-13-11-19-17-9-5-3-7-15(17)16-8-4-6-10-18(16)20(19)12-14(13)2;1-13-11-12-19-17-9-4-3-7-15(17)16-8-5-6-10-18(16)20(19)14(13)2;1-11-9-16-14-7-3-5-13-6-4-8-15(18(13)14)17(16)10-12(11)2;1-11-9-10-15-14-7-3-5-13-6-4-8-16(18(13)14)17(15)12(11)2;1-11-10-13-6-5-9-16-14-7-3-4-8-15(14)17(12(11)2)18(13)16;1-11-10-17-15-7-4-3-6-14(15)16-9-5-8-13(12(11)2)18(16)17/h3-12H,1-2H3;2*3-12H,1-2H3;4*3-10H,1-2H3. The molecule has 25 aromatic carbocycles. The largest absolute Gasteiger partial charge is 0.0616 e. The van der Waals surface area contributed by atoms with E-state index in [1.165, 1.54) is 318 Å². The summed E-state index contributed by atoms with van der Waals surface area (Å²) in [5, 5.41) is 38.5. The normalized spacial score (nSPS) is 11.8. The quantitative estimate of drug-likeness (QED) is 0.105. The van der Waals surface area contributed by atoms with E-state index >= 15 is 0 Å². The summed E-state index contributed by atoms with van der Waals surface area (Å²) in [6, 6.07) is 138. The zero-order valence-corrected chi connectivity index (χ0v) is 78.8. The molecule has 4 aliphatic rings. The van der Waals surface area contributed by atoms with E-state index in [0.717, 1.165) is 0 Å². The Labute approximate surface area is 785 Å². The summed E-state index contributed by atoms with van der Waals surface area (Å²) in [6.07, 6.45) is 0. The Morgan fingerprint density at radius 2 is 0.403 bits per heavy atom. The molecule has 4 aliphatic carbocycles. The minimum absolute atomic E-state index is 1.33. The maximum Gasteiger partial charge on any atom is -0.00210 e. The summed E-state index contributed by atoms with van der Waals surface area (Å²) in [5.41, 5.74) is 41.7. The van der Waals surface area contributed by atoms with Gasteiger partial charge in [-0.2, -0.15) is 0 Å². The Kier molecular flexibility index (Phi) is 20.2. The van der Waals surface area contributed by atoms with Crippen molar-refractivity contribution in [1.82, 2.24) is 0 Å². The molecule has 29 rings (SSSR count). The lowest BCUT2D eigenvalue weighted by atomic mass is 9.87. The summed E-state index contributed by atoms with van der Waals surface area (Å²) >= 11 is 0. The van der Waals surface area contributed by atoms with Crippen LogP contribution in [0.4, 0.5) is 0 Å². The van der Waals surface area contributed by atoms with Crippen LogP contribution in [0.5, 0.6) is 0 Å². The van der Waals surface area contributed by atoms with Gasteiger partial charge in [-0.15, -0.1) is 0 Å². The zero-order chi connectivity index (χ0) is 91.3. The lowest BCUT2D eigenvalue weighted by molar-refractivity contribution is 1.35. The Morgan fingerprint density at radius 1 is 0.104 bits per heavy atom. The van der Waals surface area contributed by atoms with Crippen molar-refractivity contribution in [2.75, 3.05) is 0 Å². The fourth-order valence-electron chi connectivity index (χ4n) is 23.1. The van der Waals surface area contributed by atoms with E-state index in [2.05, 4.69) is 473 Å². The van der Waals surface area contributed by atoms with Gasteiger partial charge in [-0.3, -0.25) is 0 Å². The van der Waals surface area contributed by atoms with E-state index in [-0.39, 0.29) is 0 Å². The first kappa shape index (κ1) is 82.8. The SMILES string of the molecule is Cc1cc2c(cc1C)-c1cccc3cccc-2c13.Cc1cc2c3c(cccc3c1C)-c1ccccc1-2.Cc1cc2c3ccccc3c3ccccc3c2cc1C.Cc1cc2cccc3c2c(c1C)-c1ccccc1-3.Cc1ccc2c(c1C)-c1cccc3cccc-2c13.Cc1ccc2c3cccc4cccc(c5ccc(C)c1c25)c43.Cc1ccc2c3ccccc3c3ccccc3c2c1C. The van der Waals surface area contributed by atoms with Crippen LogP contribution in [0.1, 0.15) is 77.9 Å². The summed E-state index contributed by atoms with van der Waals surface area (Å²) in [7, 11) is 0. The van der Waals surface area contributed by atoms with Crippen LogP contribution >= 0.6 is 0 Å². The number of hydrogen-bond acceptors (Lipinski definition) is 0. The van der Waals surface area contributed by atoms with Gasteiger partial charge in [-0.05, 0) is 415 Å². The first-order chi connectivity index (χ1) is 65.3. The third-order valence-corrected chi connectivity index (χ3v) is 30.5. The van der Waals surface area contributed by atoms with Gasteiger partial charge in [0.25, 0.3) is 0 Å². The van der Waals surface area contributed by atoms with Crippen LogP contribution in [-0.4, -0.2) is 0 Å². The van der Waals surface area contributed by atoms with Gasteiger partial charge in [0.2, 0.25) is 0 Å². The van der Waals surface area contributed by atoms with Crippen molar-refractivity contribution in [3.05, 3.63) is 454 Å². The van der Waals surface area contributed by atoms with Crippen LogP contribution in [0.3, 0.4) is 0 Å². The number of rotatable bonds is 0. The molecule has 0 heterocycles. The van der Waals surface area contributed by atoms with Gasteiger partial charge in [0.15, 0.2) is 0 Å². The maximum atomic E-state index is 2.34. The van der Waals surface area contributed by atoms with Crippen LogP contribution in [0, 0.1) is 96.9 Å². The summed E-state index contributed by atoms with van der Waals surface area (Å²) in [5.74, 6) is 0. The van der Waals surface area contributed by atoms with Crippen LogP contribution in [0.2, 0.25) is 0 Å². The molecule has 640 valence electrons. The van der Waals surface area contributed by atoms with Crippen LogP contribution in [0.15, 0.2) is 376 Å². The van der Waals surface area contributed by atoms with Crippen molar-refractivity contribution < 1.29 is 0 Å². The Bertz CT molecular complexity index is 8910. The van der Waals surface area contributed by atoms with Crippen LogP contribution in [0.25, 0.3) is 240 Å². The molecule has 0 radical (unpaired) electrons. The fourth-order valence-corrected chi connectivity index (χ4v) is 23.1. The van der Waals surface area contributed by atoms with Gasteiger partial charge >= 0.3 is 0 Å². The lowest BCUT2D eigenvalue weighted by Crippen LogP contribution is -1.90. The minimum atomic E-state index is 1.33. The summed E-state index contributed by atoms with van der Waals surface area (Å²) in [4.78, 5) is 0. The first-order valence-electron chi connectivity index (χ1n) is 47.5. The molecule has 0 N–H and O–H groups in total. The number of benzene rings is 25. The van der Waals surface area contributed by atoms with Gasteiger partial charge in [0.1, 0.15) is 0 Å². The molecule has 134 heavy (non-hydrogen) atoms. The average Bonchev–Trinajstić information content (AvgIpc) is 0.886. The molecule has 0 fully saturated rings. The van der Waals surface area contributed by atoms with Gasteiger partial charge in [-0.1, -0.05) is 376 Å². The third-order valence-electron chi connectivity index (χ3n) is 30.5.